The molecule has 0 aliphatic carbocycles. The Morgan fingerprint density at radius 1 is 0.441 bits per heavy atom. The average molecular weight is 755 g/mol. The first-order valence-corrected chi connectivity index (χ1v) is 19.5. The quantitative estimate of drug-likeness (QED) is 0.175. The zero-order valence-corrected chi connectivity index (χ0v) is 31.4. The van der Waals surface area contributed by atoms with Crippen LogP contribution in [-0.2, 0) is 0 Å². The summed E-state index contributed by atoms with van der Waals surface area (Å²) in [5.74, 6) is 1.38. The fourth-order valence-electron chi connectivity index (χ4n) is 8.83. The van der Waals surface area contributed by atoms with Crippen molar-refractivity contribution < 1.29 is 4.42 Å². The average Bonchev–Trinajstić information content (AvgIpc) is 3.96. The lowest BCUT2D eigenvalue weighted by atomic mass is 10.00. The van der Waals surface area contributed by atoms with Gasteiger partial charge in [-0.2, -0.15) is 5.26 Å². The van der Waals surface area contributed by atoms with Crippen LogP contribution in [0.3, 0.4) is 0 Å². The molecule has 0 atom stereocenters. The molecule has 7 heteroatoms. The highest BCUT2D eigenvalue weighted by molar-refractivity contribution is 6.21. The van der Waals surface area contributed by atoms with Crippen molar-refractivity contribution in [1.29, 1.82) is 5.26 Å². The van der Waals surface area contributed by atoms with Crippen molar-refractivity contribution in [3.8, 4) is 51.6 Å². The molecule has 0 bridgehead atoms. The maximum absolute atomic E-state index is 11.1. The minimum absolute atomic E-state index is 0.363. The first-order valence-electron chi connectivity index (χ1n) is 19.5. The van der Waals surface area contributed by atoms with E-state index in [4.69, 9.17) is 19.4 Å². The van der Waals surface area contributed by atoms with Crippen LogP contribution in [-0.4, -0.2) is 24.1 Å². The van der Waals surface area contributed by atoms with Crippen molar-refractivity contribution in [3.05, 3.63) is 188 Å². The second-order valence-corrected chi connectivity index (χ2v) is 14.7. The second kappa shape index (κ2) is 12.8. The number of nitrogens with zero attached hydrogens (tertiary/aromatic N) is 6. The van der Waals surface area contributed by atoms with E-state index in [1.54, 1.807) is 0 Å². The Labute approximate surface area is 337 Å². The molecular weight excluding hydrogens is 725 g/mol. The number of aromatic nitrogens is 5. The lowest BCUT2D eigenvalue weighted by molar-refractivity contribution is 0.669. The van der Waals surface area contributed by atoms with Gasteiger partial charge in [0.05, 0.1) is 44.3 Å². The number of para-hydroxylation sites is 4. The molecule has 274 valence electrons. The van der Waals surface area contributed by atoms with Crippen molar-refractivity contribution >= 4 is 65.6 Å². The molecule has 12 aromatic rings. The molecule has 0 spiro atoms. The van der Waals surface area contributed by atoms with Crippen molar-refractivity contribution in [2.24, 2.45) is 0 Å². The van der Waals surface area contributed by atoms with Crippen LogP contribution in [0.4, 0.5) is 0 Å². The number of furan rings is 1. The highest BCUT2D eigenvalue weighted by Crippen LogP contribution is 2.45. The van der Waals surface area contributed by atoms with Crippen molar-refractivity contribution in [3.63, 3.8) is 0 Å². The van der Waals surface area contributed by atoms with Gasteiger partial charge in [-0.15, -0.1) is 0 Å². The van der Waals surface area contributed by atoms with Gasteiger partial charge < -0.3 is 13.6 Å². The van der Waals surface area contributed by atoms with E-state index in [0.29, 0.717) is 39.8 Å². The van der Waals surface area contributed by atoms with Gasteiger partial charge in [0.25, 0.3) is 0 Å². The second-order valence-electron chi connectivity index (χ2n) is 14.7. The minimum atomic E-state index is 0.363. The molecule has 8 aromatic carbocycles. The number of nitriles is 1. The predicted octanol–water partition coefficient (Wildman–Crippen LogP) is 12.8. The first-order chi connectivity index (χ1) is 29.2. The minimum Gasteiger partial charge on any atom is -0.455 e. The summed E-state index contributed by atoms with van der Waals surface area (Å²) in [5, 5.41) is 17.4. The van der Waals surface area contributed by atoms with Gasteiger partial charge in [-0.1, -0.05) is 133 Å². The van der Waals surface area contributed by atoms with Gasteiger partial charge in [0, 0.05) is 43.7 Å². The van der Waals surface area contributed by atoms with Gasteiger partial charge in [0.15, 0.2) is 17.5 Å². The van der Waals surface area contributed by atoms with E-state index in [1.807, 2.05) is 84.9 Å². The smallest absolute Gasteiger partial charge is 0.169 e. The van der Waals surface area contributed by atoms with Gasteiger partial charge in [-0.25, -0.2) is 15.0 Å². The molecule has 0 N–H and O–H groups in total. The van der Waals surface area contributed by atoms with Gasteiger partial charge >= 0.3 is 0 Å². The SMILES string of the molecule is N#Cc1cc(-n2c3ccccc3c3cc4c(cc32)c2ccccc2n4-c2ccccc2)c2c(oc3ccccc32)c1-c1nc(-c2ccccc2)nc(-c2ccccc2)n1. The fourth-order valence-corrected chi connectivity index (χ4v) is 8.83. The third-order valence-electron chi connectivity index (χ3n) is 11.4. The summed E-state index contributed by atoms with van der Waals surface area (Å²) in [5.41, 5.74) is 10.1. The summed E-state index contributed by atoms with van der Waals surface area (Å²) in [7, 11) is 0. The third kappa shape index (κ3) is 4.97. The van der Waals surface area contributed by atoms with Crippen LogP contribution in [0.2, 0.25) is 0 Å². The fraction of sp³-hybridized carbons (Fsp3) is 0. The van der Waals surface area contributed by atoms with Gasteiger partial charge in [-0.05, 0) is 48.5 Å². The largest absolute Gasteiger partial charge is 0.455 e. The Morgan fingerprint density at radius 2 is 0.932 bits per heavy atom. The molecule has 0 amide bonds. The van der Waals surface area contributed by atoms with Crippen LogP contribution in [0, 0.1) is 11.3 Å². The predicted molar refractivity (Wildman–Crippen MR) is 237 cm³/mol. The Bertz CT molecular complexity index is 3610. The van der Waals surface area contributed by atoms with E-state index >= 15 is 0 Å². The van der Waals surface area contributed by atoms with E-state index in [1.165, 1.54) is 0 Å². The summed E-state index contributed by atoms with van der Waals surface area (Å²) >= 11 is 0. The van der Waals surface area contributed by atoms with Crippen molar-refractivity contribution in [2.45, 2.75) is 0 Å². The number of hydrogen-bond acceptors (Lipinski definition) is 5. The Kier molecular flexibility index (Phi) is 7.16. The topological polar surface area (TPSA) is 85.5 Å². The third-order valence-corrected chi connectivity index (χ3v) is 11.4. The maximum Gasteiger partial charge on any atom is 0.169 e. The highest BCUT2D eigenvalue weighted by atomic mass is 16.3. The molecule has 0 fully saturated rings. The normalized spacial score (nSPS) is 11.7. The maximum atomic E-state index is 11.1. The van der Waals surface area contributed by atoms with Gasteiger partial charge in [-0.3, -0.25) is 0 Å². The molecule has 4 heterocycles. The molecule has 0 aliphatic rings. The number of hydrogen-bond donors (Lipinski definition) is 0. The van der Waals surface area contributed by atoms with E-state index in [2.05, 4.69) is 112 Å². The van der Waals surface area contributed by atoms with Gasteiger partial charge in [0.2, 0.25) is 0 Å². The zero-order valence-electron chi connectivity index (χ0n) is 31.4. The molecule has 0 saturated heterocycles. The number of fused-ring (bicyclic) bond motifs is 9. The summed E-state index contributed by atoms with van der Waals surface area (Å²) < 4.78 is 11.5. The van der Waals surface area contributed by atoms with Crippen LogP contribution in [0.5, 0.6) is 0 Å². The van der Waals surface area contributed by atoms with E-state index in [9.17, 15) is 5.26 Å². The summed E-state index contributed by atoms with van der Waals surface area (Å²) in [6.07, 6.45) is 0. The molecule has 59 heavy (non-hydrogen) atoms. The molecule has 12 rings (SSSR count). The standard InChI is InChI=1S/C52H30N6O/c53-31-34-28-45(58-42-26-14-11-23-37(42)40-29-43-39(30-44(40)58)36-22-10-13-25-41(36)57(43)35-20-8-3-9-21-35)48-38-24-12-15-27-46(38)59-49(48)47(34)52-55-50(32-16-4-1-5-17-32)54-51(56-52)33-18-6-2-7-19-33/h1-30H. The van der Waals surface area contributed by atoms with Crippen LogP contribution in [0.15, 0.2) is 186 Å². The molecule has 0 saturated carbocycles. The Balaban J connectivity index is 1.20. The Hall–Kier alpha value is -8.34. The zero-order chi connectivity index (χ0) is 39.0. The van der Waals surface area contributed by atoms with Crippen LogP contribution in [0.25, 0.3) is 111 Å². The molecule has 7 nitrogen and oxygen atoms in total. The van der Waals surface area contributed by atoms with Crippen molar-refractivity contribution in [1.82, 2.24) is 24.1 Å². The van der Waals surface area contributed by atoms with Crippen LogP contribution < -0.4 is 0 Å². The first kappa shape index (κ1) is 32.9. The highest BCUT2D eigenvalue weighted by Gasteiger charge is 2.27. The van der Waals surface area contributed by atoms with E-state index in [-0.39, 0.29) is 0 Å². The Morgan fingerprint density at radius 3 is 1.54 bits per heavy atom. The van der Waals surface area contributed by atoms with Gasteiger partial charge in [0.1, 0.15) is 17.2 Å². The monoisotopic (exact) mass is 754 g/mol. The number of benzene rings is 8. The summed E-state index contributed by atoms with van der Waals surface area (Å²) in [4.78, 5) is 15.1. The molecule has 0 aliphatic heterocycles. The number of rotatable bonds is 5. The molecule has 0 radical (unpaired) electrons. The van der Waals surface area contributed by atoms with E-state index < -0.39 is 0 Å². The summed E-state index contributed by atoms with van der Waals surface area (Å²) in [6, 6.07) is 64.5. The van der Waals surface area contributed by atoms with E-state index in [0.717, 1.165) is 76.9 Å². The lowest BCUT2D eigenvalue weighted by Gasteiger charge is -2.14. The molecule has 0 unspecified atom stereocenters. The molecular formula is C52H30N6O. The van der Waals surface area contributed by atoms with Crippen LogP contribution >= 0.6 is 0 Å². The molecule has 4 aromatic heterocycles. The lowest BCUT2D eigenvalue weighted by Crippen LogP contribution is -2.03. The van der Waals surface area contributed by atoms with Crippen LogP contribution in [0.1, 0.15) is 5.56 Å². The summed E-state index contributed by atoms with van der Waals surface area (Å²) in [6.45, 7) is 0. The van der Waals surface area contributed by atoms with Crippen molar-refractivity contribution in [2.75, 3.05) is 0 Å².